The van der Waals surface area contributed by atoms with E-state index in [1.54, 1.807) is 11.3 Å². The number of carboxylic acid groups (broad SMARTS) is 1. The van der Waals surface area contributed by atoms with Gasteiger partial charge in [0.1, 0.15) is 0 Å². The summed E-state index contributed by atoms with van der Waals surface area (Å²) >= 11 is 1.57. The van der Waals surface area contributed by atoms with E-state index in [1.807, 2.05) is 19.1 Å². The van der Waals surface area contributed by atoms with Crippen molar-refractivity contribution in [2.75, 3.05) is 6.61 Å². The molecule has 13 heavy (non-hydrogen) atoms. The Kier molecular flexibility index (Phi) is 3.45. The first kappa shape index (κ1) is 9.73. The zero-order valence-electron chi connectivity index (χ0n) is 7.06. The number of rotatable bonds is 4. The summed E-state index contributed by atoms with van der Waals surface area (Å²) in [5, 5.41) is 11.7. The Hall–Kier alpha value is -1.36. The molecule has 0 saturated heterocycles. The molecule has 0 aliphatic rings. The molecular weight excluding hydrogens is 190 g/mol. The summed E-state index contributed by atoms with van der Waals surface area (Å²) in [7, 11) is 0. The van der Waals surface area contributed by atoms with Gasteiger partial charge in [0.05, 0.1) is 6.21 Å². The molecule has 1 aromatic rings. The Bertz CT molecular complexity index is 319. The molecule has 0 bridgehead atoms. The van der Waals surface area contributed by atoms with E-state index in [0.717, 1.165) is 4.88 Å². The third-order valence-electron chi connectivity index (χ3n) is 1.20. The Labute approximate surface area is 79.5 Å². The van der Waals surface area contributed by atoms with Crippen LogP contribution in [0.15, 0.2) is 17.3 Å². The fraction of sp³-hybridized carbons (Fsp3) is 0.250. The van der Waals surface area contributed by atoms with E-state index in [1.165, 1.54) is 11.1 Å². The van der Waals surface area contributed by atoms with Crippen LogP contribution in [0, 0.1) is 6.92 Å². The molecule has 4 nitrogen and oxygen atoms in total. The second-order valence-electron chi connectivity index (χ2n) is 2.35. The molecule has 0 radical (unpaired) electrons. The van der Waals surface area contributed by atoms with Crippen LogP contribution in [0.2, 0.25) is 0 Å². The predicted octanol–water partition coefficient (Wildman–Crippen LogP) is 1.49. The molecule has 0 unspecified atom stereocenters. The highest BCUT2D eigenvalue weighted by Crippen LogP contribution is 2.12. The quantitative estimate of drug-likeness (QED) is 0.590. The van der Waals surface area contributed by atoms with Crippen molar-refractivity contribution < 1.29 is 14.7 Å². The predicted molar refractivity (Wildman–Crippen MR) is 50.2 cm³/mol. The molecule has 0 aliphatic heterocycles. The summed E-state index contributed by atoms with van der Waals surface area (Å²) < 4.78 is 0. The van der Waals surface area contributed by atoms with Gasteiger partial charge in [0.15, 0.2) is 0 Å². The van der Waals surface area contributed by atoms with Crippen LogP contribution in [0.3, 0.4) is 0 Å². The molecule has 0 amide bonds. The summed E-state index contributed by atoms with van der Waals surface area (Å²) in [6, 6.07) is 3.86. The molecule has 70 valence electrons. The van der Waals surface area contributed by atoms with Crippen molar-refractivity contribution in [2.45, 2.75) is 6.92 Å². The second kappa shape index (κ2) is 4.61. The van der Waals surface area contributed by atoms with Crippen LogP contribution in [-0.4, -0.2) is 23.9 Å². The van der Waals surface area contributed by atoms with E-state index in [0.29, 0.717) is 0 Å². The molecular formula is C8H9NO3S. The summed E-state index contributed by atoms with van der Waals surface area (Å²) in [5.74, 6) is -1.03. The number of oxime groups is 1. The summed E-state index contributed by atoms with van der Waals surface area (Å²) in [6.07, 6.45) is 1.50. The Balaban J connectivity index is 2.36. The van der Waals surface area contributed by atoms with Crippen molar-refractivity contribution in [3.63, 3.8) is 0 Å². The second-order valence-corrected chi connectivity index (χ2v) is 3.67. The third kappa shape index (κ3) is 3.71. The highest BCUT2D eigenvalue weighted by molar-refractivity contribution is 7.13. The third-order valence-corrected chi connectivity index (χ3v) is 2.14. The number of aryl methyl sites for hydroxylation is 1. The van der Waals surface area contributed by atoms with E-state index in [9.17, 15) is 4.79 Å². The number of nitrogens with zero attached hydrogens (tertiary/aromatic N) is 1. The highest BCUT2D eigenvalue weighted by Gasteiger charge is 1.94. The smallest absolute Gasteiger partial charge is 0.344 e. The minimum atomic E-state index is -1.03. The van der Waals surface area contributed by atoms with E-state index < -0.39 is 12.6 Å². The average Bonchev–Trinajstić information content (AvgIpc) is 2.45. The van der Waals surface area contributed by atoms with Crippen LogP contribution < -0.4 is 0 Å². The van der Waals surface area contributed by atoms with Gasteiger partial charge in [0.25, 0.3) is 0 Å². The van der Waals surface area contributed by atoms with Crippen molar-refractivity contribution in [1.29, 1.82) is 0 Å². The fourth-order valence-electron chi connectivity index (χ4n) is 0.705. The van der Waals surface area contributed by atoms with Crippen molar-refractivity contribution in [3.8, 4) is 0 Å². The van der Waals surface area contributed by atoms with Crippen LogP contribution in [0.4, 0.5) is 0 Å². The fourth-order valence-corrected chi connectivity index (χ4v) is 1.44. The number of hydrogen-bond donors (Lipinski definition) is 1. The summed E-state index contributed by atoms with van der Waals surface area (Å²) in [5.41, 5.74) is 0. The first-order valence-electron chi connectivity index (χ1n) is 3.62. The number of carboxylic acids is 1. The standard InChI is InChI=1S/C8H9NO3S/c1-6-2-3-7(13-6)4-9-12-5-8(10)11/h2-4H,5H2,1H3,(H,10,11). The van der Waals surface area contributed by atoms with Crippen molar-refractivity contribution in [1.82, 2.24) is 0 Å². The zero-order valence-corrected chi connectivity index (χ0v) is 7.87. The molecule has 0 aliphatic carbocycles. The Morgan fingerprint density at radius 3 is 3.08 bits per heavy atom. The lowest BCUT2D eigenvalue weighted by Gasteiger charge is -1.90. The molecule has 5 heteroatoms. The van der Waals surface area contributed by atoms with Crippen molar-refractivity contribution in [2.24, 2.45) is 5.16 Å². The van der Waals surface area contributed by atoms with Crippen molar-refractivity contribution in [3.05, 3.63) is 21.9 Å². The largest absolute Gasteiger partial charge is 0.479 e. The van der Waals surface area contributed by atoms with Gasteiger partial charge in [-0.05, 0) is 19.1 Å². The Morgan fingerprint density at radius 2 is 2.54 bits per heavy atom. The molecule has 0 aromatic carbocycles. The molecule has 0 saturated carbocycles. The van der Waals surface area contributed by atoms with Crippen LogP contribution in [0.5, 0.6) is 0 Å². The average molecular weight is 199 g/mol. The maximum absolute atomic E-state index is 10.0. The molecule has 1 rings (SSSR count). The number of aliphatic carboxylic acids is 1. The highest BCUT2D eigenvalue weighted by atomic mass is 32.1. The van der Waals surface area contributed by atoms with Gasteiger partial charge in [-0.3, -0.25) is 0 Å². The van der Waals surface area contributed by atoms with Crippen LogP contribution >= 0.6 is 11.3 Å². The lowest BCUT2D eigenvalue weighted by Crippen LogP contribution is -2.03. The summed E-state index contributed by atoms with van der Waals surface area (Å²) in [4.78, 5) is 16.6. The lowest BCUT2D eigenvalue weighted by molar-refractivity contribution is -0.142. The van der Waals surface area contributed by atoms with E-state index in [2.05, 4.69) is 9.99 Å². The van der Waals surface area contributed by atoms with Crippen molar-refractivity contribution >= 4 is 23.5 Å². The molecule has 1 aromatic heterocycles. The zero-order chi connectivity index (χ0) is 9.68. The number of hydrogen-bond acceptors (Lipinski definition) is 4. The topological polar surface area (TPSA) is 58.9 Å². The van der Waals surface area contributed by atoms with E-state index in [-0.39, 0.29) is 0 Å². The summed E-state index contributed by atoms with van der Waals surface area (Å²) in [6.45, 7) is 1.58. The van der Waals surface area contributed by atoms with Gasteiger partial charge in [-0.2, -0.15) is 0 Å². The molecule has 0 fully saturated rings. The maximum Gasteiger partial charge on any atom is 0.344 e. The van der Waals surface area contributed by atoms with Gasteiger partial charge >= 0.3 is 5.97 Å². The lowest BCUT2D eigenvalue weighted by atomic mass is 10.4. The monoisotopic (exact) mass is 199 g/mol. The van der Waals surface area contributed by atoms with Gasteiger partial charge in [-0.25, -0.2) is 4.79 Å². The molecule has 1 N–H and O–H groups in total. The van der Waals surface area contributed by atoms with Crippen LogP contribution in [-0.2, 0) is 9.63 Å². The minimum Gasteiger partial charge on any atom is -0.479 e. The normalized spacial score (nSPS) is 10.5. The first-order valence-corrected chi connectivity index (χ1v) is 4.43. The van der Waals surface area contributed by atoms with E-state index in [4.69, 9.17) is 5.11 Å². The van der Waals surface area contributed by atoms with Crippen LogP contribution in [0.1, 0.15) is 9.75 Å². The molecule has 1 heterocycles. The van der Waals surface area contributed by atoms with Gasteiger partial charge in [-0.15, -0.1) is 11.3 Å². The van der Waals surface area contributed by atoms with E-state index >= 15 is 0 Å². The Morgan fingerprint density at radius 1 is 1.77 bits per heavy atom. The van der Waals surface area contributed by atoms with Gasteiger partial charge < -0.3 is 9.94 Å². The minimum absolute atomic E-state index is 0.402. The van der Waals surface area contributed by atoms with Gasteiger partial charge in [0.2, 0.25) is 6.61 Å². The SMILES string of the molecule is Cc1ccc(C=NOCC(=O)O)s1. The van der Waals surface area contributed by atoms with Gasteiger partial charge in [0, 0.05) is 9.75 Å². The van der Waals surface area contributed by atoms with Gasteiger partial charge in [-0.1, -0.05) is 5.16 Å². The van der Waals surface area contributed by atoms with Crippen LogP contribution in [0.25, 0.3) is 0 Å². The maximum atomic E-state index is 10.0. The number of carbonyl (C=O) groups is 1. The molecule has 0 atom stereocenters. The number of thiophene rings is 1. The molecule has 0 spiro atoms. The first-order chi connectivity index (χ1) is 6.18.